The predicted octanol–water partition coefficient (Wildman–Crippen LogP) is 12.7. The highest BCUT2D eigenvalue weighted by Gasteiger charge is 2.24. The van der Waals surface area contributed by atoms with E-state index in [1.165, 1.54) is 21.8 Å². The summed E-state index contributed by atoms with van der Waals surface area (Å²) in [6.45, 7) is 0. The molecule has 0 atom stereocenters. The molecule has 0 aliphatic rings. The summed E-state index contributed by atoms with van der Waals surface area (Å²) in [5, 5.41) is 8.95. The zero-order valence-corrected chi connectivity index (χ0v) is 34.1. The number of benzene rings is 7. The van der Waals surface area contributed by atoms with Crippen molar-refractivity contribution in [3.8, 4) is 34.7 Å². The molecule has 7 heterocycles. The van der Waals surface area contributed by atoms with E-state index in [1.54, 1.807) is 0 Å². The molecule has 14 rings (SSSR count). The van der Waals surface area contributed by atoms with E-state index >= 15 is 0 Å². The average molecular weight is 820 g/mol. The lowest BCUT2D eigenvalue weighted by Gasteiger charge is -2.16. The summed E-state index contributed by atoms with van der Waals surface area (Å²) in [5.41, 5.74) is 10.8. The molecule has 0 fully saturated rings. The van der Waals surface area contributed by atoms with Crippen molar-refractivity contribution < 1.29 is 0 Å². The van der Waals surface area contributed by atoms with Gasteiger partial charge in [-0.1, -0.05) is 103 Å². The minimum atomic E-state index is 0.458. The summed E-state index contributed by atoms with van der Waals surface area (Å²) < 4.78 is 8.84. The predicted molar refractivity (Wildman–Crippen MR) is 258 cm³/mol. The highest BCUT2D eigenvalue weighted by molar-refractivity contribution is 6.13. The summed E-state index contributed by atoms with van der Waals surface area (Å²) in [5.74, 6) is 1.44. The Morgan fingerprint density at radius 3 is 1.25 bits per heavy atom. The lowest BCUT2D eigenvalue weighted by atomic mass is 10.1. The zero-order valence-electron chi connectivity index (χ0n) is 34.1. The summed E-state index contributed by atoms with van der Waals surface area (Å²) in [6.07, 6.45) is 3.64. The van der Waals surface area contributed by atoms with E-state index in [-0.39, 0.29) is 0 Å². The van der Waals surface area contributed by atoms with Crippen LogP contribution in [0.2, 0.25) is 0 Å². The molecule has 298 valence electrons. The molecule has 0 unspecified atom stereocenters. The third kappa shape index (κ3) is 4.86. The number of nitrogens with zero attached hydrogens (tertiary/aromatic N) is 9. The number of para-hydroxylation sites is 6. The van der Waals surface area contributed by atoms with Crippen molar-refractivity contribution in [1.29, 1.82) is 0 Å². The molecule has 9 nitrogen and oxygen atoms in total. The van der Waals surface area contributed by atoms with Crippen molar-refractivity contribution >= 4 is 87.5 Å². The highest BCUT2D eigenvalue weighted by Crippen LogP contribution is 2.40. The van der Waals surface area contributed by atoms with Gasteiger partial charge in [0.1, 0.15) is 11.3 Å². The largest absolute Gasteiger partial charge is 0.309 e. The molecular formula is C55H33N9. The van der Waals surface area contributed by atoms with Crippen molar-refractivity contribution in [1.82, 2.24) is 43.2 Å². The Balaban J connectivity index is 1.05. The molecule has 0 radical (unpaired) electrons. The van der Waals surface area contributed by atoms with Gasteiger partial charge in [0.2, 0.25) is 11.9 Å². The minimum absolute atomic E-state index is 0.458. The van der Waals surface area contributed by atoms with Crippen LogP contribution < -0.4 is 0 Å². The maximum absolute atomic E-state index is 5.40. The number of aromatic nitrogens is 9. The van der Waals surface area contributed by atoms with Gasteiger partial charge >= 0.3 is 0 Å². The van der Waals surface area contributed by atoms with Crippen LogP contribution in [0, 0.1) is 0 Å². The van der Waals surface area contributed by atoms with Gasteiger partial charge in [0, 0.05) is 66.7 Å². The summed E-state index contributed by atoms with van der Waals surface area (Å²) in [6, 6.07) is 66.0. The fraction of sp³-hybridized carbons (Fsp3) is 0. The van der Waals surface area contributed by atoms with Crippen LogP contribution in [0.15, 0.2) is 200 Å². The van der Waals surface area contributed by atoms with Crippen LogP contribution >= 0.6 is 0 Å². The number of fused-ring (bicyclic) bond motifs is 12. The minimum Gasteiger partial charge on any atom is -0.309 e. The summed E-state index contributed by atoms with van der Waals surface area (Å²) >= 11 is 0. The molecule has 9 heteroatoms. The van der Waals surface area contributed by atoms with E-state index in [4.69, 9.17) is 24.9 Å². The average Bonchev–Trinajstić information content (AvgIpc) is 4.09. The first kappa shape index (κ1) is 34.7. The zero-order chi connectivity index (χ0) is 41.9. The second-order valence-electron chi connectivity index (χ2n) is 16.2. The number of pyridine rings is 2. The fourth-order valence-corrected chi connectivity index (χ4v) is 10.1. The van der Waals surface area contributed by atoms with E-state index in [9.17, 15) is 0 Å². The lowest BCUT2D eigenvalue weighted by Crippen LogP contribution is -2.11. The first-order valence-corrected chi connectivity index (χ1v) is 21.4. The molecule has 0 aliphatic heterocycles. The number of rotatable bonds is 5. The molecule has 7 aromatic carbocycles. The standard InChI is InChI=1S/C55H33N9/c1-7-23-44-35(15-1)36-16-2-8-24-45(36)61(44)34-29-30-50-43(33-34)39-19-5-9-25-46(39)62(50)49-28-12-6-20-42(49)51-58-54(63-47-26-10-3-17-37(47)40-21-13-31-56-52(40)63)60-55(59-51)64-48-27-11-4-18-38(48)41-22-14-32-57-53(41)64/h1-33H. The topological polar surface area (TPSA) is 84.2 Å². The van der Waals surface area contributed by atoms with Gasteiger partial charge in [-0.05, 0) is 84.9 Å². The van der Waals surface area contributed by atoms with E-state index in [0.717, 1.165) is 82.6 Å². The Morgan fingerprint density at radius 1 is 0.297 bits per heavy atom. The molecule has 14 aromatic rings. The Bertz CT molecular complexity index is 3930. The Morgan fingerprint density at radius 2 is 0.703 bits per heavy atom. The monoisotopic (exact) mass is 819 g/mol. The highest BCUT2D eigenvalue weighted by atomic mass is 15.3. The maximum atomic E-state index is 5.40. The molecule has 7 aromatic heterocycles. The van der Waals surface area contributed by atoms with Crippen molar-refractivity contribution in [2.75, 3.05) is 0 Å². The van der Waals surface area contributed by atoms with Gasteiger partial charge in [-0.2, -0.15) is 15.0 Å². The third-order valence-corrected chi connectivity index (χ3v) is 12.8. The molecule has 0 saturated heterocycles. The third-order valence-electron chi connectivity index (χ3n) is 12.8. The van der Waals surface area contributed by atoms with Crippen molar-refractivity contribution in [2.45, 2.75) is 0 Å². The van der Waals surface area contributed by atoms with Crippen LogP contribution in [-0.2, 0) is 0 Å². The molecule has 0 spiro atoms. The SMILES string of the molecule is c1ccc(-n2c3ccccc3c3cc(-n4c5ccccc5c5ccccc54)ccc32)c(-c2nc(-n3c4ccccc4c4cccnc43)nc(-n3c4ccccc4c4cccnc43)n2)c1. The molecule has 0 amide bonds. The van der Waals surface area contributed by atoms with Crippen molar-refractivity contribution in [3.05, 3.63) is 200 Å². The van der Waals surface area contributed by atoms with Crippen molar-refractivity contribution in [3.63, 3.8) is 0 Å². The maximum Gasteiger partial charge on any atom is 0.241 e. The van der Waals surface area contributed by atoms with Crippen LogP contribution in [0.1, 0.15) is 0 Å². The molecule has 0 N–H and O–H groups in total. The molecule has 0 aliphatic carbocycles. The number of hydrogen-bond donors (Lipinski definition) is 0. The lowest BCUT2D eigenvalue weighted by molar-refractivity contribution is 0.883. The van der Waals surface area contributed by atoms with Crippen LogP contribution in [-0.4, -0.2) is 43.2 Å². The summed E-state index contributed by atoms with van der Waals surface area (Å²) in [7, 11) is 0. The fourth-order valence-electron chi connectivity index (χ4n) is 10.1. The second-order valence-corrected chi connectivity index (χ2v) is 16.2. The van der Waals surface area contributed by atoms with Gasteiger partial charge in [0.25, 0.3) is 0 Å². The van der Waals surface area contributed by atoms with Gasteiger partial charge in [-0.25, -0.2) is 9.97 Å². The Kier molecular flexibility index (Phi) is 7.20. The van der Waals surface area contributed by atoms with E-state index in [0.29, 0.717) is 17.7 Å². The molecular weight excluding hydrogens is 787 g/mol. The van der Waals surface area contributed by atoms with Crippen LogP contribution in [0.25, 0.3) is 122 Å². The van der Waals surface area contributed by atoms with E-state index in [1.807, 2.05) is 36.7 Å². The van der Waals surface area contributed by atoms with Crippen LogP contribution in [0.4, 0.5) is 0 Å². The van der Waals surface area contributed by atoms with Gasteiger partial charge in [-0.15, -0.1) is 0 Å². The smallest absolute Gasteiger partial charge is 0.241 e. The van der Waals surface area contributed by atoms with Crippen LogP contribution in [0.5, 0.6) is 0 Å². The number of hydrogen-bond acceptors (Lipinski definition) is 5. The van der Waals surface area contributed by atoms with Crippen molar-refractivity contribution in [2.24, 2.45) is 0 Å². The first-order chi connectivity index (χ1) is 31.8. The van der Waals surface area contributed by atoms with Gasteiger partial charge < -0.3 is 9.13 Å². The molecule has 0 bridgehead atoms. The second kappa shape index (κ2) is 13.3. The molecule has 0 saturated carbocycles. The first-order valence-electron chi connectivity index (χ1n) is 21.4. The summed E-state index contributed by atoms with van der Waals surface area (Å²) in [4.78, 5) is 26.0. The van der Waals surface area contributed by atoms with E-state index < -0.39 is 0 Å². The quantitative estimate of drug-likeness (QED) is 0.173. The van der Waals surface area contributed by atoms with Gasteiger partial charge in [0.15, 0.2) is 5.82 Å². The van der Waals surface area contributed by atoms with Gasteiger partial charge in [-0.3, -0.25) is 9.13 Å². The normalized spacial score (nSPS) is 12.1. The van der Waals surface area contributed by atoms with Gasteiger partial charge in [0.05, 0.1) is 38.8 Å². The molecule has 64 heavy (non-hydrogen) atoms. The Labute approximate surface area is 364 Å². The van der Waals surface area contributed by atoms with Crippen LogP contribution in [0.3, 0.4) is 0 Å². The Hall–Kier alpha value is -8.95. The van der Waals surface area contributed by atoms with E-state index in [2.05, 4.69) is 182 Å².